The van der Waals surface area contributed by atoms with Crippen LogP contribution >= 0.6 is 27.5 Å². The number of benzene rings is 2. The number of halogens is 3. The Hall–Kier alpha value is -0.860. The fourth-order valence-electron chi connectivity index (χ4n) is 1.73. The van der Waals surface area contributed by atoms with E-state index in [1.807, 2.05) is 31.2 Å². The summed E-state index contributed by atoms with van der Waals surface area (Å²) in [6, 6.07) is 12.5. The highest BCUT2D eigenvalue weighted by atomic mass is 79.9. The van der Waals surface area contributed by atoms with Gasteiger partial charge in [0.05, 0.1) is 5.38 Å². The summed E-state index contributed by atoms with van der Waals surface area (Å²) in [6.45, 7) is 1.87. The SMILES string of the molecule is Cc1cc(F)ccc1C(Cl)c1ccc(Br)cc1. The lowest BCUT2D eigenvalue weighted by Gasteiger charge is -2.13. The minimum Gasteiger partial charge on any atom is -0.207 e. The smallest absolute Gasteiger partial charge is 0.123 e. The molecule has 17 heavy (non-hydrogen) atoms. The summed E-state index contributed by atoms with van der Waals surface area (Å²) in [4.78, 5) is 0. The summed E-state index contributed by atoms with van der Waals surface area (Å²) in [7, 11) is 0. The van der Waals surface area contributed by atoms with E-state index in [1.165, 1.54) is 12.1 Å². The molecule has 2 aromatic carbocycles. The normalized spacial score (nSPS) is 12.5. The molecule has 1 unspecified atom stereocenters. The molecule has 0 aliphatic carbocycles. The summed E-state index contributed by atoms with van der Waals surface area (Å²) in [5.74, 6) is -0.231. The number of alkyl halides is 1. The van der Waals surface area contributed by atoms with Gasteiger partial charge in [-0.2, -0.15) is 0 Å². The second-order valence-corrected chi connectivity index (χ2v) is 5.27. The molecule has 88 valence electrons. The van der Waals surface area contributed by atoms with Crippen LogP contribution in [0.2, 0.25) is 0 Å². The largest absolute Gasteiger partial charge is 0.207 e. The third-order valence-corrected chi connectivity index (χ3v) is 3.68. The maximum Gasteiger partial charge on any atom is 0.123 e. The molecule has 0 fully saturated rings. The van der Waals surface area contributed by atoms with Gasteiger partial charge in [-0.05, 0) is 47.9 Å². The topological polar surface area (TPSA) is 0 Å². The molecule has 0 aliphatic heterocycles. The minimum atomic E-state index is -0.247. The van der Waals surface area contributed by atoms with Crippen molar-refractivity contribution in [2.45, 2.75) is 12.3 Å². The van der Waals surface area contributed by atoms with Crippen LogP contribution in [0.4, 0.5) is 4.39 Å². The van der Waals surface area contributed by atoms with Gasteiger partial charge in [0.25, 0.3) is 0 Å². The van der Waals surface area contributed by atoms with Gasteiger partial charge in [0, 0.05) is 4.47 Å². The predicted octanol–water partition coefficient (Wildman–Crippen LogP) is 5.22. The van der Waals surface area contributed by atoms with E-state index in [4.69, 9.17) is 11.6 Å². The highest BCUT2D eigenvalue weighted by Gasteiger charge is 2.13. The van der Waals surface area contributed by atoms with Crippen molar-refractivity contribution in [1.29, 1.82) is 0 Å². The van der Waals surface area contributed by atoms with Crippen molar-refractivity contribution in [2.24, 2.45) is 0 Å². The van der Waals surface area contributed by atoms with Crippen molar-refractivity contribution in [3.8, 4) is 0 Å². The molecule has 2 rings (SSSR count). The first-order valence-corrected chi connectivity index (χ1v) is 6.46. The third kappa shape index (κ3) is 2.88. The van der Waals surface area contributed by atoms with Crippen molar-refractivity contribution in [1.82, 2.24) is 0 Å². The quantitative estimate of drug-likeness (QED) is 0.666. The molecule has 0 amide bonds. The molecule has 0 aromatic heterocycles. The Kier molecular flexibility index (Phi) is 3.85. The Labute approximate surface area is 114 Å². The van der Waals surface area contributed by atoms with Gasteiger partial charge in [-0.1, -0.05) is 34.1 Å². The Morgan fingerprint density at radius 3 is 2.35 bits per heavy atom. The van der Waals surface area contributed by atoms with Gasteiger partial charge in [0.15, 0.2) is 0 Å². The van der Waals surface area contributed by atoms with Crippen LogP contribution in [-0.2, 0) is 0 Å². The molecule has 0 saturated carbocycles. The summed E-state index contributed by atoms with van der Waals surface area (Å²) >= 11 is 9.79. The van der Waals surface area contributed by atoms with Gasteiger partial charge >= 0.3 is 0 Å². The first kappa shape index (κ1) is 12.6. The highest BCUT2D eigenvalue weighted by Crippen LogP contribution is 2.31. The van der Waals surface area contributed by atoms with Crippen LogP contribution in [0.1, 0.15) is 22.1 Å². The molecule has 0 radical (unpaired) electrons. The van der Waals surface area contributed by atoms with Gasteiger partial charge in [-0.15, -0.1) is 11.6 Å². The molecule has 1 atom stereocenters. The fraction of sp³-hybridized carbons (Fsp3) is 0.143. The molecule has 0 heterocycles. The molecule has 2 aromatic rings. The van der Waals surface area contributed by atoms with Crippen LogP contribution in [0.3, 0.4) is 0 Å². The molecule has 0 nitrogen and oxygen atoms in total. The van der Waals surface area contributed by atoms with Crippen molar-refractivity contribution in [3.63, 3.8) is 0 Å². The number of rotatable bonds is 2. The lowest BCUT2D eigenvalue weighted by molar-refractivity contribution is 0.625. The molecular weight excluding hydrogens is 303 g/mol. The zero-order valence-corrected chi connectivity index (χ0v) is 11.6. The first-order chi connectivity index (χ1) is 8.08. The monoisotopic (exact) mass is 312 g/mol. The van der Waals surface area contributed by atoms with E-state index in [-0.39, 0.29) is 11.2 Å². The second-order valence-electron chi connectivity index (χ2n) is 3.92. The molecule has 0 N–H and O–H groups in total. The van der Waals surface area contributed by atoms with Gasteiger partial charge in [0.2, 0.25) is 0 Å². The van der Waals surface area contributed by atoms with Gasteiger partial charge in [-0.25, -0.2) is 4.39 Å². The number of aryl methyl sites for hydroxylation is 1. The van der Waals surface area contributed by atoms with Crippen LogP contribution in [0, 0.1) is 12.7 Å². The molecule has 3 heteroatoms. The maximum atomic E-state index is 13.0. The summed E-state index contributed by atoms with van der Waals surface area (Å²) in [5, 5.41) is -0.247. The van der Waals surface area contributed by atoms with Crippen molar-refractivity contribution < 1.29 is 4.39 Å². The lowest BCUT2D eigenvalue weighted by atomic mass is 10.00. The summed E-state index contributed by atoms with van der Waals surface area (Å²) in [5.41, 5.74) is 2.81. The minimum absolute atomic E-state index is 0.231. The molecule has 0 saturated heterocycles. The van der Waals surface area contributed by atoms with Gasteiger partial charge < -0.3 is 0 Å². The van der Waals surface area contributed by atoms with Gasteiger partial charge in [0.1, 0.15) is 5.82 Å². The van der Waals surface area contributed by atoms with E-state index in [9.17, 15) is 4.39 Å². The standard InChI is InChI=1S/C14H11BrClF/c1-9-8-12(17)6-7-13(9)14(16)10-2-4-11(15)5-3-10/h2-8,14H,1H3. The van der Waals surface area contributed by atoms with E-state index < -0.39 is 0 Å². The Morgan fingerprint density at radius 1 is 1.12 bits per heavy atom. The van der Waals surface area contributed by atoms with E-state index in [2.05, 4.69) is 15.9 Å². The zero-order chi connectivity index (χ0) is 12.4. The second kappa shape index (κ2) is 5.19. The van der Waals surface area contributed by atoms with E-state index in [1.54, 1.807) is 6.07 Å². The number of hydrogen-bond acceptors (Lipinski definition) is 0. The summed E-state index contributed by atoms with van der Waals surface area (Å²) < 4.78 is 14.0. The average Bonchev–Trinajstić information content (AvgIpc) is 2.29. The van der Waals surface area contributed by atoms with Crippen LogP contribution in [0.25, 0.3) is 0 Å². The third-order valence-electron chi connectivity index (χ3n) is 2.67. The highest BCUT2D eigenvalue weighted by molar-refractivity contribution is 9.10. The lowest BCUT2D eigenvalue weighted by Crippen LogP contribution is -1.96. The molecule has 0 bridgehead atoms. The van der Waals surface area contributed by atoms with Crippen LogP contribution in [0.5, 0.6) is 0 Å². The van der Waals surface area contributed by atoms with E-state index >= 15 is 0 Å². The van der Waals surface area contributed by atoms with Crippen LogP contribution < -0.4 is 0 Å². The summed E-state index contributed by atoms with van der Waals surface area (Å²) in [6.07, 6.45) is 0. The average molecular weight is 314 g/mol. The Morgan fingerprint density at radius 2 is 1.76 bits per heavy atom. The molecule has 0 aliphatic rings. The van der Waals surface area contributed by atoms with E-state index in [0.29, 0.717) is 0 Å². The Bertz CT molecular complexity index is 522. The molecular formula is C14H11BrClF. The van der Waals surface area contributed by atoms with Gasteiger partial charge in [-0.3, -0.25) is 0 Å². The predicted molar refractivity (Wildman–Crippen MR) is 73.0 cm³/mol. The maximum absolute atomic E-state index is 13.0. The van der Waals surface area contributed by atoms with E-state index in [0.717, 1.165) is 21.2 Å². The zero-order valence-electron chi connectivity index (χ0n) is 9.25. The number of hydrogen-bond donors (Lipinski definition) is 0. The van der Waals surface area contributed by atoms with Crippen molar-refractivity contribution in [3.05, 3.63) is 69.4 Å². The molecule has 0 spiro atoms. The van der Waals surface area contributed by atoms with Crippen LogP contribution in [-0.4, -0.2) is 0 Å². The fourth-order valence-corrected chi connectivity index (χ4v) is 2.39. The Balaban J connectivity index is 2.36. The van der Waals surface area contributed by atoms with Crippen molar-refractivity contribution in [2.75, 3.05) is 0 Å². The van der Waals surface area contributed by atoms with Crippen molar-refractivity contribution >= 4 is 27.5 Å². The van der Waals surface area contributed by atoms with Crippen LogP contribution in [0.15, 0.2) is 46.9 Å². The first-order valence-electron chi connectivity index (χ1n) is 5.23.